The third kappa shape index (κ3) is 3.29. The fourth-order valence-corrected chi connectivity index (χ4v) is 2.15. The van der Waals surface area contributed by atoms with Gasteiger partial charge < -0.3 is 10.6 Å². The van der Waals surface area contributed by atoms with Gasteiger partial charge in [-0.1, -0.05) is 18.2 Å². The molecule has 1 saturated heterocycles. The van der Waals surface area contributed by atoms with Crippen molar-refractivity contribution in [2.24, 2.45) is 5.92 Å². The fraction of sp³-hybridized carbons (Fsp3) is 0.538. The Bertz CT molecular complexity index is 321. The predicted octanol–water partition coefficient (Wildman–Crippen LogP) is 1.91. The minimum Gasteiger partial charge on any atom is -0.316 e. The molecule has 0 aromatic heterocycles. The standard InChI is InChI=1S/C13H19FN2/c14-13-6-2-1-5-12(13)10-16-9-11-4-3-7-15-8-11/h1-2,5-6,11,15-16H,3-4,7-10H2/t11-/m0/s1. The van der Waals surface area contributed by atoms with Crippen molar-refractivity contribution in [3.05, 3.63) is 35.6 Å². The van der Waals surface area contributed by atoms with Gasteiger partial charge in [-0.05, 0) is 44.5 Å². The van der Waals surface area contributed by atoms with E-state index in [1.807, 2.05) is 12.1 Å². The van der Waals surface area contributed by atoms with E-state index < -0.39 is 0 Å². The summed E-state index contributed by atoms with van der Waals surface area (Å²) < 4.78 is 13.3. The Balaban J connectivity index is 1.73. The molecule has 0 aliphatic carbocycles. The zero-order valence-corrected chi connectivity index (χ0v) is 9.51. The topological polar surface area (TPSA) is 24.1 Å². The van der Waals surface area contributed by atoms with Crippen molar-refractivity contribution in [2.75, 3.05) is 19.6 Å². The van der Waals surface area contributed by atoms with Crippen molar-refractivity contribution in [1.29, 1.82) is 0 Å². The van der Waals surface area contributed by atoms with Crippen LogP contribution >= 0.6 is 0 Å². The number of rotatable bonds is 4. The molecule has 0 amide bonds. The zero-order chi connectivity index (χ0) is 11.2. The third-order valence-electron chi connectivity index (χ3n) is 3.11. The first kappa shape index (κ1) is 11.6. The average molecular weight is 222 g/mol. The number of hydrogen-bond donors (Lipinski definition) is 2. The molecule has 2 rings (SSSR count). The summed E-state index contributed by atoms with van der Waals surface area (Å²) in [7, 11) is 0. The minimum atomic E-state index is -0.114. The van der Waals surface area contributed by atoms with Gasteiger partial charge in [0, 0.05) is 12.1 Å². The maximum Gasteiger partial charge on any atom is 0.127 e. The van der Waals surface area contributed by atoms with Crippen LogP contribution in [0.1, 0.15) is 18.4 Å². The summed E-state index contributed by atoms with van der Waals surface area (Å²) in [5.41, 5.74) is 0.756. The van der Waals surface area contributed by atoms with Gasteiger partial charge in [0.15, 0.2) is 0 Å². The first-order chi connectivity index (χ1) is 7.86. The summed E-state index contributed by atoms with van der Waals surface area (Å²) in [6, 6.07) is 6.95. The lowest BCUT2D eigenvalue weighted by Crippen LogP contribution is -2.35. The summed E-state index contributed by atoms with van der Waals surface area (Å²) in [6.07, 6.45) is 2.53. The lowest BCUT2D eigenvalue weighted by atomic mass is 10.00. The highest BCUT2D eigenvalue weighted by Crippen LogP contribution is 2.09. The SMILES string of the molecule is Fc1ccccc1CNC[C@H]1CCCNC1. The van der Waals surface area contributed by atoms with E-state index in [2.05, 4.69) is 10.6 Å². The molecule has 3 heteroatoms. The molecule has 0 unspecified atom stereocenters. The predicted molar refractivity (Wildman–Crippen MR) is 63.7 cm³/mol. The molecule has 1 aliphatic heterocycles. The van der Waals surface area contributed by atoms with E-state index >= 15 is 0 Å². The van der Waals surface area contributed by atoms with E-state index in [1.165, 1.54) is 18.9 Å². The van der Waals surface area contributed by atoms with Crippen molar-refractivity contribution < 1.29 is 4.39 Å². The van der Waals surface area contributed by atoms with Crippen LogP contribution in [0.2, 0.25) is 0 Å². The molecule has 2 nitrogen and oxygen atoms in total. The van der Waals surface area contributed by atoms with Crippen molar-refractivity contribution >= 4 is 0 Å². The van der Waals surface area contributed by atoms with Crippen molar-refractivity contribution in [2.45, 2.75) is 19.4 Å². The van der Waals surface area contributed by atoms with Gasteiger partial charge >= 0.3 is 0 Å². The summed E-state index contributed by atoms with van der Waals surface area (Å²) in [5, 5.41) is 6.71. The maximum atomic E-state index is 13.3. The van der Waals surface area contributed by atoms with Crippen LogP contribution in [0.3, 0.4) is 0 Å². The Morgan fingerprint density at radius 1 is 1.38 bits per heavy atom. The third-order valence-corrected chi connectivity index (χ3v) is 3.11. The quantitative estimate of drug-likeness (QED) is 0.813. The molecule has 0 saturated carbocycles. The molecule has 1 aliphatic rings. The van der Waals surface area contributed by atoms with Crippen LogP contribution in [0.5, 0.6) is 0 Å². The van der Waals surface area contributed by atoms with Gasteiger partial charge in [0.05, 0.1) is 0 Å². The van der Waals surface area contributed by atoms with Gasteiger partial charge in [-0.15, -0.1) is 0 Å². The largest absolute Gasteiger partial charge is 0.316 e. The molecule has 0 radical (unpaired) electrons. The Labute approximate surface area is 96.2 Å². The summed E-state index contributed by atoms with van der Waals surface area (Å²) in [5.74, 6) is 0.581. The van der Waals surface area contributed by atoms with Gasteiger partial charge in [-0.2, -0.15) is 0 Å². The molecule has 16 heavy (non-hydrogen) atoms. The second kappa shape index (κ2) is 5.97. The highest BCUT2D eigenvalue weighted by atomic mass is 19.1. The maximum absolute atomic E-state index is 13.3. The minimum absolute atomic E-state index is 0.114. The van der Waals surface area contributed by atoms with Gasteiger partial charge in [0.1, 0.15) is 5.82 Å². The van der Waals surface area contributed by atoms with Crippen LogP contribution in [0.15, 0.2) is 24.3 Å². The van der Waals surface area contributed by atoms with Crippen molar-refractivity contribution in [1.82, 2.24) is 10.6 Å². The summed E-state index contributed by atoms with van der Waals surface area (Å²) >= 11 is 0. The van der Waals surface area contributed by atoms with E-state index in [0.717, 1.165) is 25.2 Å². The summed E-state index contributed by atoms with van der Waals surface area (Å²) in [4.78, 5) is 0. The molecule has 2 N–H and O–H groups in total. The molecular weight excluding hydrogens is 203 g/mol. The number of nitrogens with one attached hydrogen (secondary N) is 2. The molecule has 1 fully saturated rings. The van der Waals surface area contributed by atoms with E-state index in [1.54, 1.807) is 6.07 Å². The highest BCUT2D eigenvalue weighted by molar-refractivity contribution is 5.16. The van der Waals surface area contributed by atoms with Crippen molar-refractivity contribution in [3.8, 4) is 0 Å². The van der Waals surface area contributed by atoms with Crippen LogP contribution in [-0.4, -0.2) is 19.6 Å². The molecule has 1 atom stereocenters. The lowest BCUT2D eigenvalue weighted by molar-refractivity contribution is 0.359. The van der Waals surface area contributed by atoms with E-state index in [-0.39, 0.29) is 5.82 Å². The zero-order valence-electron chi connectivity index (χ0n) is 9.51. The number of piperidine rings is 1. The Morgan fingerprint density at radius 2 is 2.25 bits per heavy atom. The van der Waals surface area contributed by atoms with Gasteiger partial charge in [0.2, 0.25) is 0 Å². The van der Waals surface area contributed by atoms with E-state index in [4.69, 9.17) is 0 Å². The smallest absolute Gasteiger partial charge is 0.127 e. The van der Waals surface area contributed by atoms with E-state index in [0.29, 0.717) is 12.5 Å². The monoisotopic (exact) mass is 222 g/mol. The first-order valence-electron chi connectivity index (χ1n) is 6.01. The van der Waals surface area contributed by atoms with E-state index in [9.17, 15) is 4.39 Å². The van der Waals surface area contributed by atoms with Crippen LogP contribution in [-0.2, 0) is 6.54 Å². The Morgan fingerprint density at radius 3 is 3.00 bits per heavy atom. The normalized spacial score (nSPS) is 20.9. The van der Waals surface area contributed by atoms with Crippen LogP contribution < -0.4 is 10.6 Å². The second-order valence-corrected chi connectivity index (χ2v) is 4.43. The molecule has 0 spiro atoms. The molecule has 88 valence electrons. The molecule has 1 aromatic carbocycles. The first-order valence-corrected chi connectivity index (χ1v) is 6.01. The summed E-state index contributed by atoms with van der Waals surface area (Å²) in [6.45, 7) is 3.83. The molecule has 1 aromatic rings. The average Bonchev–Trinajstić information content (AvgIpc) is 2.33. The van der Waals surface area contributed by atoms with Gasteiger partial charge in [-0.3, -0.25) is 0 Å². The molecular formula is C13H19FN2. The van der Waals surface area contributed by atoms with Crippen molar-refractivity contribution in [3.63, 3.8) is 0 Å². The number of halogens is 1. The fourth-order valence-electron chi connectivity index (χ4n) is 2.15. The molecule has 1 heterocycles. The van der Waals surface area contributed by atoms with Gasteiger partial charge in [-0.25, -0.2) is 4.39 Å². The number of benzene rings is 1. The Hall–Kier alpha value is -0.930. The second-order valence-electron chi connectivity index (χ2n) is 4.43. The lowest BCUT2D eigenvalue weighted by Gasteiger charge is -2.23. The highest BCUT2D eigenvalue weighted by Gasteiger charge is 2.12. The van der Waals surface area contributed by atoms with Gasteiger partial charge in [0.25, 0.3) is 0 Å². The number of hydrogen-bond acceptors (Lipinski definition) is 2. The molecule has 0 bridgehead atoms. The Kier molecular flexibility index (Phi) is 4.31. The van der Waals surface area contributed by atoms with Crippen LogP contribution in [0.4, 0.5) is 4.39 Å². The van der Waals surface area contributed by atoms with Crippen LogP contribution in [0, 0.1) is 11.7 Å². The van der Waals surface area contributed by atoms with Crippen LogP contribution in [0.25, 0.3) is 0 Å².